The Bertz CT molecular complexity index is 535. The maximum absolute atomic E-state index is 12.7. The van der Waals surface area contributed by atoms with Crippen LogP contribution in [0, 0.1) is 5.92 Å². The first-order chi connectivity index (χ1) is 11.1. The number of carboxylic acids is 1. The van der Waals surface area contributed by atoms with Crippen molar-refractivity contribution in [2.45, 2.75) is 30.7 Å². The quantitative estimate of drug-likeness (QED) is 0.221. The number of rotatable bonds is 10. The van der Waals surface area contributed by atoms with Crippen LogP contribution in [0.5, 0.6) is 0 Å². The fourth-order valence-corrected chi connectivity index (χ4v) is 4.13. The highest BCUT2D eigenvalue weighted by molar-refractivity contribution is 7.87. The highest BCUT2D eigenvalue weighted by atomic mass is 32.2. The first-order valence-corrected chi connectivity index (χ1v) is 8.92. The van der Waals surface area contributed by atoms with Gasteiger partial charge in [-0.1, -0.05) is 6.42 Å². The SMILES string of the molecule is NC[C@@H](CF)NS(=O)(=O)N1C[C@H](CCCB(O)O)[C@](N)(C(=O)O)C1. The first-order valence-electron chi connectivity index (χ1n) is 7.48. The molecule has 1 saturated heterocycles. The van der Waals surface area contributed by atoms with Crippen LogP contribution >= 0.6 is 0 Å². The molecule has 1 aliphatic rings. The summed E-state index contributed by atoms with van der Waals surface area (Å²) in [5.74, 6) is -2.07. The lowest BCUT2D eigenvalue weighted by molar-refractivity contribution is -0.144. The zero-order valence-corrected chi connectivity index (χ0v) is 14.0. The van der Waals surface area contributed by atoms with Gasteiger partial charge in [0, 0.05) is 25.6 Å². The molecule has 0 radical (unpaired) electrons. The van der Waals surface area contributed by atoms with Gasteiger partial charge in [0.1, 0.15) is 12.2 Å². The molecule has 10 nitrogen and oxygen atoms in total. The molecule has 0 aromatic rings. The van der Waals surface area contributed by atoms with Crippen molar-refractivity contribution < 1.29 is 32.8 Å². The predicted molar refractivity (Wildman–Crippen MR) is 84.7 cm³/mol. The molecular formula is C11H24BFN4O6S. The van der Waals surface area contributed by atoms with Crippen molar-refractivity contribution >= 4 is 23.3 Å². The zero-order chi connectivity index (χ0) is 18.5. The van der Waals surface area contributed by atoms with Crippen LogP contribution in [0.25, 0.3) is 0 Å². The van der Waals surface area contributed by atoms with Gasteiger partial charge in [-0.15, -0.1) is 0 Å². The Morgan fingerprint density at radius 3 is 2.58 bits per heavy atom. The minimum Gasteiger partial charge on any atom is -0.480 e. The van der Waals surface area contributed by atoms with Gasteiger partial charge in [0.05, 0.1) is 6.04 Å². The molecule has 0 amide bonds. The van der Waals surface area contributed by atoms with Crippen LogP contribution in [0.4, 0.5) is 4.39 Å². The third-order valence-electron chi connectivity index (χ3n) is 4.13. The molecule has 0 aromatic carbocycles. The Balaban J connectivity index is 2.87. The van der Waals surface area contributed by atoms with E-state index in [1.54, 1.807) is 0 Å². The van der Waals surface area contributed by atoms with E-state index in [1.165, 1.54) is 0 Å². The van der Waals surface area contributed by atoms with E-state index >= 15 is 0 Å². The number of carbonyl (C=O) groups is 1. The summed E-state index contributed by atoms with van der Waals surface area (Å²) < 4.78 is 40.1. The Morgan fingerprint density at radius 1 is 1.50 bits per heavy atom. The van der Waals surface area contributed by atoms with Gasteiger partial charge in [-0.25, -0.2) is 4.39 Å². The van der Waals surface area contributed by atoms with Crippen molar-refractivity contribution in [3.8, 4) is 0 Å². The van der Waals surface area contributed by atoms with Gasteiger partial charge in [-0.05, 0) is 12.7 Å². The second-order valence-corrected chi connectivity index (χ2v) is 7.66. The van der Waals surface area contributed by atoms with E-state index in [0.29, 0.717) is 0 Å². The monoisotopic (exact) mass is 370 g/mol. The van der Waals surface area contributed by atoms with Gasteiger partial charge in [-0.2, -0.15) is 17.4 Å². The standard InChI is InChI=1S/C11H24BFN4O6S/c13-4-9(5-14)16-24(22,23)17-6-8(2-1-3-12(20)21)11(15,7-17)10(18)19/h8-9,16,20-21H,1-7,14-15H2,(H,18,19)/t8-,9+,11-/m0/s1. The number of hydrogen-bond donors (Lipinski definition) is 6. The van der Waals surface area contributed by atoms with E-state index < -0.39 is 54.0 Å². The van der Waals surface area contributed by atoms with Crippen LogP contribution in [-0.2, 0) is 15.0 Å². The molecular weight excluding hydrogens is 346 g/mol. The van der Waals surface area contributed by atoms with Gasteiger partial charge in [0.15, 0.2) is 0 Å². The van der Waals surface area contributed by atoms with Crippen LogP contribution in [-0.4, -0.2) is 78.9 Å². The molecule has 1 rings (SSSR count). The smallest absolute Gasteiger partial charge is 0.451 e. The van der Waals surface area contributed by atoms with Crippen LogP contribution in [0.3, 0.4) is 0 Å². The third-order valence-corrected chi connectivity index (χ3v) is 5.72. The van der Waals surface area contributed by atoms with E-state index in [1.807, 2.05) is 0 Å². The number of alkyl halides is 1. The Kier molecular flexibility index (Phi) is 7.53. The van der Waals surface area contributed by atoms with Crippen LogP contribution < -0.4 is 16.2 Å². The summed E-state index contributed by atoms with van der Waals surface area (Å²) >= 11 is 0. The topological polar surface area (TPSA) is 179 Å². The molecule has 8 N–H and O–H groups in total. The Hall–Kier alpha value is -0.825. The molecule has 1 heterocycles. The Labute approximate surface area is 140 Å². The third kappa shape index (κ3) is 5.08. The number of aliphatic carboxylic acids is 1. The van der Waals surface area contributed by atoms with Gasteiger partial charge >= 0.3 is 13.1 Å². The molecule has 1 aliphatic heterocycles. The van der Waals surface area contributed by atoms with E-state index in [2.05, 4.69) is 4.72 Å². The second kappa shape index (κ2) is 8.51. The van der Waals surface area contributed by atoms with Gasteiger partial charge in [0.25, 0.3) is 10.2 Å². The van der Waals surface area contributed by atoms with Crippen molar-refractivity contribution in [1.82, 2.24) is 9.03 Å². The summed E-state index contributed by atoms with van der Waals surface area (Å²) in [6.07, 6.45) is 0.496. The summed E-state index contributed by atoms with van der Waals surface area (Å²) in [6, 6.07) is -1.10. The van der Waals surface area contributed by atoms with Crippen molar-refractivity contribution in [1.29, 1.82) is 0 Å². The number of nitrogens with one attached hydrogen (secondary N) is 1. The summed E-state index contributed by atoms with van der Waals surface area (Å²) in [5, 5.41) is 27.1. The highest BCUT2D eigenvalue weighted by Gasteiger charge is 2.52. The minimum atomic E-state index is -4.14. The summed E-state index contributed by atoms with van der Waals surface area (Å²) in [4.78, 5) is 11.5. The summed E-state index contributed by atoms with van der Waals surface area (Å²) in [6.45, 7) is -1.86. The zero-order valence-electron chi connectivity index (χ0n) is 13.1. The number of nitrogens with two attached hydrogens (primary N) is 2. The number of halogens is 1. The fraction of sp³-hybridized carbons (Fsp3) is 0.909. The van der Waals surface area contributed by atoms with Crippen molar-refractivity contribution in [2.24, 2.45) is 17.4 Å². The summed E-state index contributed by atoms with van der Waals surface area (Å²) in [7, 11) is -5.67. The van der Waals surface area contributed by atoms with E-state index in [-0.39, 0.29) is 32.3 Å². The molecule has 0 bridgehead atoms. The average molecular weight is 370 g/mol. The molecule has 1 fully saturated rings. The predicted octanol–water partition coefficient (Wildman–Crippen LogP) is -2.92. The van der Waals surface area contributed by atoms with Crippen molar-refractivity contribution in [3.63, 3.8) is 0 Å². The highest BCUT2D eigenvalue weighted by Crippen LogP contribution is 2.31. The van der Waals surface area contributed by atoms with Crippen molar-refractivity contribution in [2.75, 3.05) is 26.3 Å². The number of carboxylic acid groups (broad SMARTS) is 1. The minimum absolute atomic E-state index is 0.0221. The normalized spacial score (nSPS) is 26.5. The molecule has 13 heteroatoms. The fourth-order valence-electron chi connectivity index (χ4n) is 2.64. The van der Waals surface area contributed by atoms with Gasteiger partial charge in [-0.3, -0.25) is 4.79 Å². The molecule has 3 atom stereocenters. The van der Waals surface area contributed by atoms with E-state index in [4.69, 9.17) is 21.5 Å². The molecule has 0 aliphatic carbocycles. The molecule has 140 valence electrons. The lowest BCUT2D eigenvalue weighted by atomic mass is 9.78. The molecule has 0 saturated carbocycles. The maximum atomic E-state index is 12.7. The largest absolute Gasteiger partial charge is 0.480 e. The molecule has 0 unspecified atom stereocenters. The summed E-state index contributed by atoms with van der Waals surface area (Å²) in [5.41, 5.74) is 9.35. The molecule has 24 heavy (non-hydrogen) atoms. The lowest BCUT2D eigenvalue weighted by Crippen LogP contribution is -2.56. The van der Waals surface area contributed by atoms with Crippen LogP contribution in [0.2, 0.25) is 6.32 Å². The van der Waals surface area contributed by atoms with E-state index in [9.17, 15) is 22.7 Å². The Morgan fingerprint density at radius 2 is 2.12 bits per heavy atom. The lowest BCUT2D eigenvalue weighted by Gasteiger charge is -2.25. The average Bonchev–Trinajstić information content (AvgIpc) is 2.84. The molecule has 0 spiro atoms. The molecule has 0 aromatic heterocycles. The second-order valence-electron chi connectivity index (χ2n) is 5.96. The van der Waals surface area contributed by atoms with Crippen molar-refractivity contribution in [3.05, 3.63) is 0 Å². The maximum Gasteiger partial charge on any atom is 0.451 e. The van der Waals surface area contributed by atoms with Gasteiger partial charge < -0.3 is 26.6 Å². The van der Waals surface area contributed by atoms with Crippen LogP contribution in [0.1, 0.15) is 12.8 Å². The van der Waals surface area contributed by atoms with Crippen LogP contribution in [0.15, 0.2) is 0 Å². The number of nitrogens with zero attached hydrogens (tertiary/aromatic N) is 1. The van der Waals surface area contributed by atoms with E-state index in [0.717, 1.165) is 4.31 Å². The number of hydrogen-bond acceptors (Lipinski definition) is 7. The first kappa shape index (κ1) is 21.2. The van der Waals surface area contributed by atoms with Gasteiger partial charge in [0.2, 0.25) is 0 Å².